The van der Waals surface area contributed by atoms with Gasteiger partial charge < -0.3 is 9.72 Å². The van der Waals surface area contributed by atoms with Crippen molar-refractivity contribution in [2.24, 2.45) is 0 Å². The van der Waals surface area contributed by atoms with Crippen LogP contribution >= 0.6 is 0 Å². The van der Waals surface area contributed by atoms with Gasteiger partial charge >= 0.3 is 5.97 Å². The highest BCUT2D eigenvalue weighted by molar-refractivity contribution is 6.14. The normalized spacial score (nSPS) is 11.2. The summed E-state index contributed by atoms with van der Waals surface area (Å²) in [6.45, 7) is 6.02. The Labute approximate surface area is 116 Å². The number of carbonyl (C=O) groups excluding carboxylic acids is 1. The first-order valence-electron chi connectivity index (χ1n) is 6.53. The maximum atomic E-state index is 12.0. The van der Waals surface area contributed by atoms with Crippen LogP contribution in [0.1, 0.15) is 28.8 Å². The van der Waals surface area contributed by atoms with Crippen LogP contribution in [-0.4, -0.2) is 27.5 Å². The van der Waals surface area contributed by atoms with Crippen molar-refractivity contribution in [2.45, 2.75) is 20.8 Å². The van der Waals surface area contributed by atoms with E-state index >= 15 is 0 Å². The van der Waals surface area contributed by atoms with E-state index in [-0.39, 0.29) is 0 Å². The summed E-state index contributed by atoms with van der Waals surface area (Å²) in [5.41, 5.74) is 3.89. The number of esters is 1. The molecule has 0 atom stereocenters. The molecule has 0 bridgehead atoms. The summed E-state index contributed by atoms with van der Waals surface area (Å²) >= 11 is 0. The van der Waals surface area contributed by atoms with E-state index in [1.165, 1.54) is 0 Å². The minimum Gasteiger partial charge on any atom is -0.461 e. The zero-order valence-electron chi connectivity index (χ0n) is 11.7. The van der Waals surface area contributed by atoms with Crippen LogP contribution in [-0.2, 0) is 4.74 Å². The van der Waals surface area contributed by atoms with Gasteiger partial charge in [-0.15, -0.1) is 0 Å². The molecule has 3 rings (SSSR count). The van der Waals surface area contributed by atoms with Crippen molar-refractivity contribution >= 4 is 27.8 Å². The van der Waals surface area contributed by atoms with E-state index in [0.717, 1.165) is 33.2 Å². The number of benzene rings is 1. The van der Waals surface area contributed by atoms with Crippen LogP contribution in [0.15, 0.2) is 18.3 Å². The SMILES string of the molecule is CCOC(=O)c1ncc2ccc3[nH]c(C)c(C)nc3c12. The van der Waals surface area contributed by atoms with Gasteiger partial charge in [-0.1, -0.05) is 6.07 Å². The van der Waals surface area contributed by atoms with Crippen LogP contribution in [0.2, 0.25) is 0 Å². The van der Waals surface area contributed by atoms with Gasteiger partial charge in [-0.05, 0) is 26.8 Å². The average molecular weight is 269 g/mol. The van der Waals surface area contributed by atoms with E-state index in [1.54, 1.807) is 13.1 Å². The van der Waals surface area contributed by atoms with Crippen molar-refractivity contribution in [3.8, 4) is 0 Å². The summed E-state index contributed by atoms with van der Waals surface area (Å²) in [7, 11) is 0. The number of nitrogens with one attached hydrogen (secondary N) is 1. The van der Waals surface area contributed by atoms with E-state index in [4.69, 9.17) is 4.74 Å². The lowest BCUT2D eigenvalue weighted by atomic mass is 10.1. The average Bonchev–Trinajstić information content (AvgIpc) is 2.85. The van der Waals surface area contributed by atoms with Crippen molar-refractivity contribution < 1.29 is 9.53 Å². The summed E-state index contributed by atoms with van der Waals surface area (Å²) in [5.74, 6) is -0.407. The van der Waals surface area contributed by atoms with Crippen molar-refractivity contribution in [1.82, 2.24) is 15.0 Å². The molecule has 2 heterocycles. The molecule has 5 heteroatoms. The fraction of sp³-hybridized carbons (Fsp3) is 0.267. The molecule has 2 aromatic heterocycles. The predicted octanol–water partition coefficient (Wildman–Crippen LogP) is 2.90. The molecule has 0 aliphatic heterocycles. The second kappa shape index (κ2) is 4.59. The smallest absolute Gasteiger partial charge is 0.357 e. The molecule has 0 radical (unpaired) electrons. The molecule has 20 heavy (non-hydrogen) atoms. The van der Waals surface area contributed by atoms with Crippen molar-refractivity contribution in [2.75, 3.05) is 6.61 Å². The summed E-state index contributed by atoms with van der Waals surface area (Å²) in [5, 5.41) is 1.64. The van der Waals surface area contributed by atoms with Crippen LogP contribution in [0, 0.1) is 13.8 Å². The molecular weight excluding hydrogens is 254 g/mol. The van der Waals surface area contributed by atoms with Crippen LogP contribution in [0.5, 0.6) is 0 Å². The molecule has 1 N–H and O–H groups in total. The number of ether oxygens (including phenoxy) is 1. The molecule has 0 amide bonds. The molecular formula is C15H15N3O2. The first-order chi connectivity index (χ1) is 9.61. The summed E-state index contributed by atoms with van der Waals surface area (Å²) < 4.78 is 5.06. The topological polar surface area (TPSA) is 67.9 Å². The standard InChI is InChI=1S/C15H15N3O2/c1-4-20-15(19)14-12-10(7-16-14)5-6-11-13(12)18-9(3)8(2)17-11/h5-7,17H,4H2,1-3H3. The minimum absolute atomic E-state index is 0.329. The van der Waals surface area contributed by atoms with Crippen LogP contribution in [0.25, 0.3) is 21.8 Å². The number of fused-ring (bicyclic) bond motifs is 3. The number of hydrogen-bond donors (Lipinski definition) is 1. The van der Waals surface area contributed by atoms with Gasteiger partial charge in [0.25, 0.3) is 0 Å². The predicted molar refractivity (Wildman–Crippen MR) is 76.8 cm³/mol. The fourth-order valence-corrected chi connectivity index (χ4v) is 2.28. The van der Waals surface area contributed by atoms with Crippen LogP contribution in [0.4, 0.5) is 0 Å². The number of aromatic nitrogens is 3. The molecule has 102 valence electrons. The molecule has 0 aliphatic carbocycles. The quantitative estimate of drug-likeness (QED) is 0.726. The number of nitrogens with zero attached hydrogens (tertiary/aromatic N) is 2. The van der Waals surface area contributed by atoms with Gasteiger partial charge in [-0.2, -0.15) is 0 Å². The van der Waals surface area contributed by atoms with E-state index in [9.17, 15) is 4.79 Å². The molecule has 0 unspecified atom stereocenters. The third-order valence-corrected chi connectivity index (χ3v) is 3.39. The highest BCUT2D eigenvalue weighted by Gasteiger charge is 2.18. The molecule has 0 saturated carbocycles. The van der Waals surface area contributed by atoms with Crippen molar-refractivity contribution in [3.05, 3.63) is 35.4 Å². The second-order valence-electron chi connectivity index (χ2n) is 4.70. The second-order valence-corrected chi connectivity index (χ2v) is 4.70. The van der Waals surface area contributed by atoms with Crippen molar-refractivity contribution in [1.29, 1.82) is 0 Å². The van der Waals surface area contributed by atoms with Gasteiger partial charge in [0, 0.05) is 22.7 Å². The Balaban J connectivity index is 2.36. The third-order valence-electron chi connectivity index (χ3n) is 3.39. The lowest BCUT2D eigenvalue weighted by Gasteiger charge is -2.06. The zero-order valence-corrected chi connectivity index (χ0v) is 11.7. The molecule has 0 aliphatic rings. The van der Waals surface area contributed by atoms with Gasteiger partial charge in [0.05, 0.1) is 23.3 Å². The Morgan fingerprint density at radius 1 is 1.35 bits per heavy atom. The Bertz CT molecular complexity index is 821. The molecule has 0 spiro atoms. The first-order valence-corrected chi connectivity index (χ1v) is 6.53. The molecule has 5 nitrogen and oxygen atoms in total. The largest absolute Gasteiger partial charge is 0.461 e. The minimum atomic E-state index is -0.407. The highest BCUT2D eigenvalue weighted by atomic mass is 16.5. The van der Waals surface area contributed by atoms with E-state index < -0.39 is 5.97 Å². The highest BCUT2D eigenvalue weighted by Crippen LogP contribution is 2.27. The maximum Gasteiger partial charge on any atom is 0.357 e. The lowest BCUT2D eigenvalue weighted by Crippen LogP contribution is -2.06. The van der Waals surface area contributed by atoms with E-state index in [1.807, 2.05) is 26.0 Å². The molecule has 3 aromatic rings. The number of H-pyrrole nitrogens is 1. The summed E-state index contributed by atoms with van der Waals surface area (Å²) in [6, 6.07) is 3.88. The van der Waals surface area contributed by atoms with Crippen molar-refractivity contribution in [3.63, 3.8) is 0 Å². The third kappa shape index (κ3) is 1.82. The van der Waals surface area contributed by atoms with Gasteiger partial charge in [0.15, 0.2) is 5.69 Å². The molecule has 1 aromatic carbocycles. The van der Waals surface area contributed by atoms with Gasteiger partial charge in [-0.25, -0.2) is 14.8 Å². The summed E-state index contributed by atoms with van der Waals surface area (Å²) in [4.78, 5) is 24.1. The number of rotatable bonds is 2. The Kier molecular flexibility index (Phi) is 2.89. The number of aromatic amines is 1. The lowest BCUT2D eigenvalue weighted by molar-refractivity contribution is 0.0522. The Morgan fingerprint density at radius 2 is 2.15 bits per heavy atom. The van der Waals surface area contributed by atoms with E-state index in [2.05, 4.69) is 15.0 Å². The summed E-state index contributed by atoms with van der Waals surface area (Å²) in [6.07, 6.45) is 1.68. The Hall–Kier alpha value is -2.43. The molecule has 0 saturated heterocycles. The number of carbonyl (C=O) groups is 1. The molecule has 0 fully saturated rings. The van der Waals surface area contributed by atoms with Crippen LogP contribution in [0.3, 0.4) is 0 Å². The maximum absolute atomic E-state index is 12.0. The van der Waals surface area contributed by atoms with Gasteiger partial charge in [0.1, 0.15) is 0 Å². The van der Waals surface area contributed by atoms with Crippen LogP contribution < -0.4 is 0 Å². The monoisotopic (exact) mass is 269 g/mol. The number of hydrogen-bond acceptors (Lipinski definition) is 4. The fourth-order valence-electron chi connectivity index (χ4n) is 2.28. The van der Waals surface area contributed by atoms with Gasteiger partial charge in [-0.3, -0.25) is 0 Å². The Morgan fingerprint density at radius 3 is 2.90 bits per heavy atom. The zero-order chi connectivity index (χ0) is 14.3. The number of aryl methyl sites for hydroxylation is 2. The van der Waals surface area contributed by atoms with E-state index in [0.29, 0.717) is 12.3 Å². The first kappa shape index (κ1) is 12.6. The van der Waals surface area contributed by atoms with Gasteiger partial charge in [0.2, 0.25) is 0 Å².